The van der Waals surface area contributed by atoms with E-state index in [1.54, 1.807) is 36.4 Å². The second-order valence-corrected chi connectivity index (χ2v) is 12.1. The highest BCUT2D eigenvalue weighted by Crippen LogP contribution is 2.49. The maximum atomic E-state index is 15.3. The first-order chi connectivity index (χ1) is 19.1. The normalized spacial score (nSPS) is 22.8. The Morgan fingerprint density at radius 1 is 0.744 bits per heavy atom. The van der Waals surface area contributed by atoms with Crippen LogP contribution in [0.1, 0.15) is 101 Å². The van der Waals surface area contributed by atoms with Gasteiger partial charge in [0.05, 0.1) is 5.56 Å². The molecule has 0 aromatic heterocycles. The maximum Gasteiger partial charge on any atom is 0.134 e. The van der Waals surface area contributed by atoms with Crippen LogP contribution in [0.2, 0.25) is 0 Å². The minimum Gasteiger partial charge on any atom is -0.489 e. The van der Waals surface area contributed by atoms with E-state index in [-0.39, 0.29) is 11.5 Å². The van der Waals surface area contributed by atoms with Gasteiger partial charge in [-0.25, -0.2) is 8.78 Å². The van der Waals surface area contributed by atoms with Crippen molar-refractivity contribution in [3.63, 3.8) is 0 Å². The molecular formula is C36H44F2O. The van der Waals surface area contributed by atoms with Crippen molar-refractivity contribution in [1.82, 2.24) is 0 Å². The lowest BCUT2D eigenvalue weighted by atomic mass is 9.63. The average Bonchev–Trinajstić information content (AvgIpc) is 2.96. The Bertz CT molecular complexity index is 1150. The molecule has 0 aliphatic heterocycles. The lowest BCUT2D eigenvalue weighted by Gasteiger charge is -2.42. The fourth-order valence-electron chi connectivity index (χ4n) is 7.15. The van der Waals surface area contributed by atoms with Crippen molar-refractivity contribution >= 4 is 0 Å². The van der Waals surface area contributed by atoms with Gasteiger partial charge in [0.15, 0.2) is 0 Å². The summed E-state index contributed by atoms with van der Waals surface area (Å²) in [5.74, 6) is 2.45. The van der Waals surface area contributed by atoms with Gasteiger partial charge >= 0.3 is 0 Å². The molecule has 4 atom stereocenters. The van der Waals surface area contributed by atoms with E-state index in [4.69, 9.17) is 4.74 Å². The summed E-state index contributed by atoms with van der Waals surface area (Å²) in [6.07, 6.45) is 15.6. The van der Waals surface area contributed by atoms with Crippen LogP contribution in [0.15, 0.2) is 66.7 Å². The van der Waals surface area contributed by atoms with Crippen LogP contribution in [-0.4, -0.2) is 0 Å². The summed E-state index contributed by atoms with van der Waals surface area (Å²) in [6, 6.07) is 20.2. The topological polar surface area (TPSA) is 9.23 Å². The number of hydrogen-bond donors (Lipinski definition) is 0. The molecule has 39 heavy (non-hydrogen) atoms. The van der Waals surface area contributed by atoms with E-state index in [1.807, 2.05) is 30.3 Å². The summed E-state index contributed by atoms with van der Waals surface area (Å²) in [4.78, 5) is 0. The highest BCUT2D eigenvalue weighted by molar-refractivity contribution is 5.66. The molecule has 208 valence electrons. The number of halogens is 2. The van der Waals surface area contributed by atoms with Crippen molar-refractivity contribution in [2.45, 2.75) is 96.5 Å². The van der Waals surface area contributed by atoms with Crippen LogP contribution in [0, 0.1) is 29.4 Å². The predicted molar refractivity (Wildman–Crippen MR) is 157 cm³/mol. The van der Waals surface area contributed by atoms with E-state index in [0.717, 1.165) is 35.8 Å². The van der Waals surface area contributed by atoms with Gasteiger partial charge in [-0.3, -0.25) is 0 Å². The lowest BCUT2D eigenvalue weighted by molar-refractivity contribution is 0.113. The zero-order chi connectivity index (χ0) is 27.0. The molecule has 2 fully saturated rings. The molecule has 1 nitrogen and oxygen atoms in total. The van der Waals surface area contributed by atoms with Gasteiger partial charge in [0, 0.05) is 0 Å². The van der Waals surface area contributed by atoms with Crippen LogP contribution >= 0.6 is 0 Å². The van der Waals surface area contributed by atoms with E-state index in [9.17, 15) is 0 Å². The van der Waals surface area contributed by atoms with Gasteiger partial charge in [0.25, 0.3) is 0 Å². The number of ether oxygens (including phenoxy) is 1. The zero-order valence-electron chi connectivity index (χ0n) is 23.5. The molecule has 0 heterocycles. The van der Waals surface area contributed by atoms with Gasteiger partial charge in [0.2, 0.25) is 0 Å². The summed E-state index contributed by atoms with van der Waals surface area (Å²) >= 11 is 0. The molecule has 5 rings (SSSR count). The number of benzene rings is 3. The van der Waals surface area contributed by atoms with Crippen LogP contribution in [0.5, 0.6) is 5.75 Å². The van der Waals surface area contributed by atoms with E-state index in [2.05, 4.69) is 6.92 Å². The number of unbranched alkanes of at least 4 members (excludes halogenated alkanes) is 4. The van der Waals surface area contributed by atoms with Crippen molar-refractivity contribution in [2.75, 3.05) is 0 Å². The third kappa shape index (κ3) is 7.29. The molecule has 0 N–H and O–H groups in total. The highest BCUT2D eigenvalue weighted by atomic mass is 19.1. The summed E-state index contributed by atoms with van der Waals surface area (Å²) in [5.41, 5.74) is 2.52. The zero-order valence-corrected chi connectivity index (χ0v) is 23.5. The van der Waals surface area contributed by atoms with Gasteiger partial charge < -0.3 is 4.74 Å². The third-order valence-electron chi connectivity index (χ3n) is 9.36. The fraction of sp³-hybridized carbons (Fsp3) is 0.500. The molecular weight excluding hydrogens is 486 g/mol. The fourth-order valence-corrected chi connectivity index (χ4v) is 7.15. The Balaban J connectivity index is 1.16. The molecule has 2 aliphatic rings. The Hall–Kier alpha value is -2.68. The van der Waals surface area contributed by atoms with Crippen LogP contribution in [0.3, 0.4) is 0 Å². The molecule has 0 saturated heterocycles. The summed E-state index contributed by atoms with van der Waals surface area (Å²) in [7, 11) is 0. The largest absolute Gasteiger partial charge is 0.489 e. The van der Waals surface area contributed by atoms with E-state index >= 15 is 8.78 Å². The van der Waals surface area contributed by atoms with Gasteiger partial charge in [-0.1, -0.05) is 94.3 Å². The molecule has 2 aliphatic carbocycles. The van der Waals surface area contributed by atoms with Crippen molar-refractivity contribution in [3.05, 3.63) is 89.5 Å². The Labute approximate surface area is 234 Å². The van der Waals surface area contributed by atoms with Crippen molar-refractivity contribution in [1.29, 1.82) is 0 Å². The van der Waals surface area contributed by atoms with Gasteiger partial charge in [-0.15, -0.1) is 0 Å². The van der Waals surface area contributed by atoms with Crippen LogP contribution in [0.4, 0.5) is 8.78 Å². The SMILES string of the molecule is CCCCCCCC1CC[C@@H]2C[C@H](c3cc(F)c(-c4ccc(OCc5ccccc5)cc4)c(F)c3)CC[C@@H]2C1. The van der Waals surface area contributed by atoms with E-state index < -0.39 is 11.6 Å². The monoisotopic (exact) mass is 530 g/mol. The summed E-state index contributed by atoms with van der Waals surface area (Å²) < 4.78 is 36.5. The minimum absolute atomic E-state index is 0.0569. The lowest BCUT2D eigenvalue weighted by Crippen LogP contribution is -2.30. The minimum atomic E-state index is -0.461. The van der Waals surface area contributed by atoms with Crippen molar-refractivity contribution < 1.29 is 13.5 Å². The maximum absolute atomic E-state index is 15.3. The van der Waals surface area contributed by atoms with Gasteiger partial charge in [-0.05, 0) is 96.7 Å². The number of rotatable bonds is 11. The van der Waals surface area contributed by atoms with E-state index in [0.29, 0.717) is 23.8 Å². The smallest absolute Gasteiger partial charge is 0.134 e. The standard InChI is InChI=1S/C36H44F2O/c1-2-3-4-5-7-10-26-13-14-30-22-31(16-15-29(30)21-26)32-23-34(37)36(35(38)24-32)28-17-19-33(20-18-28)39-25-27-11-8-6-9-12-27/h6,8-9,11-12,17-20,23-24,26,29-31H,2-5,7,10,13-16,21-22,25H2,1H3/t26?,29-,30-,31-/m1/s1. The molecule has 0 bridgehead atoms. The Morgan fingerprint density at radius 3 is 2.18 bits per heavy atom. The average molecular weight is 531 g/mol. The molecule has 0 spiro atoms. The molecule has 2 saturated carbocycles. The second kappa shape index (κ2) is 13.6. The van der Waals surface area contributed by atoms with E-state index in [1.165, 1.54) is 64.2 Å². The Morgan fingerprint density at radius 2 is 1.44 bits per heavy atom. The van der Waals surface area contributed by atoms with Crippen molar-refractivity contribution in [3.8, 4) is 16.9 Å². The first-order valence-electron chi connectivity index (χ1n) is 15.4. The van der Waals surface area contributed by atoms with Crippen LogP contribution < -0.4 is 4.74 Å². The summed E-state index contributed by atoms with van der Waals surface area (Å²) in [6.45, 7) is 2.73. The van der Waals surface area contributed by atoms with Gasteiger partial charge in [0.1, 0.15) is 24.0 Å². The Kier molecular flexibility index (Phi) is 9.71. The molecule has 0 radical (unpaired) electrons. The molecule has 1 unspecified atom stereocenters. The first-order valence-corrected chi connectivity index (χ1v) is 15.4. The van der Waals surface area contributed by atoms with Gasteiger partial charge in [-0.2, -0.15) is 0 Å². The number of fused-ring (bicyclic) bond motifs is 1. The third-order valence-corrected chi connectivity index (χ3v) is 9.36. The molecule has 3 aromatic rings. The second-order valence-electron chi connectivity index (χ2n) is 12.1. The molecule has 3 heteroatoms. The number of hydrogen-bond acceptors (Lipinski definition) is 1. The molecule has 3 aromatic carbocycles. The van der Waals surface area contributed by atoms with Crippen LogP contribution in [-0.2, 0) is 6.61 Å². The first kappa shape index (κ1) is 27.9. The highest BCUT2D eigenvalue weighted by Gasteiger charge is 2.36. The summed E-state index contributed by atoms with van der Waals surface area (Å²) in [5, 5.41) is 0. The van der Waals surface area contributed by atoms with Crippen molar-refractivity contribution in [2.24, 2.45) is 17.8 Å². The predicted octanol–water partition coefficient (Wildman–Crippen LogP) is 10.9. The quantitative estimate of drug-likeness (QED) is 0.224. The van der Waals surface area contributed by atoms with Crippen LogP contribution in [0.25, 0.3) is 11.1 Å². The molecule has 0 amide bonds.